The van der Waals surface area contributed by atoms with Gasteiger partial charge in [0.15, 0.2) is 0 Å². The van der Waals surface area contributed by atoms with E-state index in [4.69, 9.17) is 13.9 Å². The summed E-state index contributed by atoms with van der Waals surface area (Å²) >= 11 is 0. The molecule has 0 N–H and O–H groups in total. The summed E-state index contributed by atoms with van der Waals surface area (Å²) in [5, 5.41) is 0.843. The van der Waals surface area contributed by atoms with Crippen molar-refractivity contribution >= 4 is 16.9 Å². The van der Waals surface area contributed by atoms with Gasteiger partial charge < -0.3 is 13.9 Å². The zero-order chi connectivity index (χ0) is 14.7. The number of ether oxygens (including phenoxy) is 2. The summed E-state index contributed by atoms with van der Waals surface area (Å²) in [5.41, 5.74) is 1.41. The van der Waals surface area contributed by atoms with Gasteiger partial charge in [-0.05, 0) is 39.3 Å². The summed E-state index contributed by atoms with van der Waals surface area (Å²) in [6.45, 7) is 8.03. The Morgan fingerprint density at radius 1 is 1.35 bits per heavy atom. The van der Waals surface area contributed by atoms with E-state index in [0.29, 0.717) is 12.2 Å². The Morgan fingerprint density at radius 2 is 2.10 bits per heavy atom. The maximum Gasteiger partial charge on any atom is 0.374 e. The van der Waals surface area contributed by atoms with Gasteiger partial charge in [0.2, 0.25) is 5.76 Å². The van der Waals surface area contributed by atoms with Gasteiger partial charge in [0.1, 0.15) is 11.3 Å². The molecule has 20 heavy (non-hydrogen) atoms. The van der Waals surface area contributed by atoms with Gasteiger partial charge in [0.05, 0.1) is 18.1 Å². The number of hydrogen-bond donors (Lipinski definition) is 0. The Labute approximate surface area is 118 Å². The first-order valence-electron chi connectivity index (χ1n) is 6.94. The zero-order valence-electron chi connectivity index (χ0n) is 12.4. The van der Waals surface area contributed by atoms with Crippen LogP contribution in [-0.4, -0.2) is 18.7 Å². The number of hydrogen-bond acceptors (Lipinski definition) is 4. The Balaban J connectivity index is 2.49. The molecule has 1 unspecified atom stereocenters. The van der Waals surface area contributed by atoms with Crippen molar-refractivity contribution in [1.29, 1.82) is 0 Å². The standard InChI is InChI=1S/C16H20O4/c1-5-10(3)19-12-8-7-9-13-14(12)11(4)15(20-13)16(17)18-6-2/h7-10H,5-6H2,1-4H3. The van der Waals surface area contributed by atoms with Crippen LogP contribution in [0.25, 0.3) is 11.0 Å². The molecule has 4 nitrogen and oxygen atoms in total. The Hall–Kier alpha value is -1.97. The Kier molecular flexibility index (Phi) is 4.32. The van der Waals surface area contributed by atoms with Gasteiger partial charge >= 0.3 is 5.97 Å². The van der Waals surface area contributed by atoms with Gasteiger partial charge in [0.25, 0.3) is 0 Å². The van der Waals surface area contributed by atoms with Crippen LogP contribution in [0.15, 0.2) is 22.6 Å². The van der Waals surface area contributed by atoms with Crippen molar-refractivity contribution in [2.45, 2.75) is 40.2 Å². The molecule has 1 aromatic heterocycles. The van der Waals surface area contributed by atoms with Crippen molar-refractivity contribution in [2.24, 2.45) is 0 Å². The van der Waals surface area contributed by atoms with E-state index >= 15 is 0 Å². The van der Waals surface area contributed by atoms with E-state index in [1.807, 2.05) is 32.0 Å². The van der Waals surface area contributed by atoms with Crippen LogP contribution in [0.5, 0.6) is 5.75 Å². The van der Waals surface area contributed by atoms with Gasteiger partial charge in [-0.2, -0.15) is 0 Å². The number of fused-ring (bicyclic) bond motifs is 1. The molecule has 0 aliphatic rings. The normalized spacial score (nSPS) is 12.4. The summed E-state index contributed by atoms with van der Waals surface area (Å²) in [7, 11) is 0. The van der Waals surface area contributed by atoms with Crippen LogP contribution < -0.4 is 4.74 Å². The van der Waals surface area contributed by atoms with E-state index in [1.54, 1.807) is 6.92 Å². The number of esters is 1. The fourth-order valence-electron chi connectivity index (χ4n) is 2.06. The minimum atomic E-state index is -0.435. The number of benzene rings is 1. The lowest BCUT2D eigenvalue weighted by Crippen LogP contribution is -2.10. The fourth-order valence-corrected chi connectivity index (χ4v) is 2.06. The van der Waals surface area contributed by atoms with Crippen LogP contribution in [0, 0.1) is 6.92 Å². The molecule has 4 heteroatoms. The Morgan fingerprint density at radius 3 is 2.75 bits per heavy atom. The van der Waals surface area contributed by atoms with Crippen LogP contribution in [-0.2, 0) is 4.74 Å². The molecule has 1 atom stereocenters. The fraction of sp³-hybridized carbons (Fsp3) is 0.438. The molecular weight excluding hydrogens is 256 g/mol. The summed E-state index contributed by atoms with van der Waals surface area (Å²) < 4.78 is 16.5. The van der Waals surface area contributed by atoms with E-state index in [2.05, 4.69) is 6.92 Å². The van der Waals surface area contributed by atoms with Gasteiger partial charge in [0, 0.05) is 5.56 Å². The second-order valence-electron chi connectivity index (χ2n) is 4.74. The van der Waals surface area contributed by atoms with Crippen molar-refractivity contribution in [3.8, 4) is 5.75 Å². The quantitative estimate of drug-likeness (QED) is 0.771. The number of furan rings is 1. The second-order valence-corrected chi connectivity index (χ2v) is 4.74. The van der Waals surface area contributed by atoms with Crippen molar-refractivity contribution < 1.29 is 18.7 Å². The first kappa shape index (κ1) is 14.4. The van der Waals surface area contributed by atoms with E-state index in [-0.39, 0.29) is 11.9 Å². The maximum atomic E-state index is 11.9. The van der Waals surface area contributed by atoms with Gasteiger partial charge in [-0.15, -0.1) is 0 Å². The number of rotatable bonds is 5. The minimum Gasteiger partial charge on any atom is -0.490 e. The molecule has 0 amide bonds. The predicted molar refractivity (Wildman–Crippen MR) is 77.3 cm³/mol. The highest BCUT2D eigenvalue weighted by Gasteiger charge is 2.21. The van der Waals surface area contributed by atoms with Crippen LogP contribution in [0.4, 0.5) is 0 Å². The first-order valence-corrected chi connectivity index (χ1v) is 6.94. The molecule has 0 saturated heterocycles. The summed E-state index contributed by atoms with van der Waals surface area (Å²) in [4.78, 5) is 11.9. The molecular formula is C16H20O4. The average Bonchev–Trinajstić information content (AvgIpc) is 2.77. The third-order valence-electron chi connectivity index (χ3n) is 3.28. The maximum absolute atomic E-state index is 11.9. The summed E-state index contributed by atoms with van der Waals surface area (Å²) in [6.07, 6.45) is 1.03. The van der Waals surface area contributed by atoms with Crippen LogP contribution in [0.2, 0.25) is 0 Å². The van der Waals surface area contributed by atoms with Gasteiger partial charge in [-0.1, -0.05) is 13.0 Å². The number of carbonyl (C=O) groups is 1. The highest BCUT2D eigenvalue weighted by molar-refractivity contribution is 5.98. The smallest absolute Gasteiger partial charge is 0.374 e. The Bertz CT molecular complexity index is 612. The average molecular weight is 276 g/mol. The number of aryl methyl sites for hydroxylation is 1. The molecule has 0 saturated carbocycles. The van der Waals surface area contributed by atoms with E-state index < -0.39 is 5.97 Å². The SMILES string of the molecule is CCOC(=O)c1oc2cccc(OC(C)CC)c2c1C. The summed E-state index contributed by atoms with van der Waals surface area (Å²) in [5.74, 6) is 0.561. The summed E-state index contributed by atoms with van der Waals surface area (Å²) in [6, 6.07) is 5.58. The van der Waals surface area contributed by atoms with Crippen molar-refractivity contribution in [3.63, 3.8) is 0 Å². The predicted octanol–water partition coefficient (Wildman–Crippen LogP) is 4.10. The van der Waals surface area contributed by atoms with Gasteiger partial charge in [-0.3, -0.25) is 0 Å². The molecule has 2 rings (SSSR count). The lowest BCUT2D eigenvalue weighted by Gasteiger charge is -2.13. The molecule has 108 valence electrons. The lowest BCUT2D eigenvalue weighted by molar-refractivity contribution is 0.0491. The topological polar surface area (TPSA) is 48.7 Å². The van der Waals surface area contributed by atoms with Crippen LogP contribution in [0.3, 0.4) is 0 Å². The molecule has 0 aliphatic heterocycles. The highest BCUT2D eigenvalue weighted by atomic mass is 16.5. The van der Waals surface area contributed by atoms with Crippen LogP contribution in [0.1, 0.15) is 43.3 Å². The lowest BCUT2D eigenvalue weighted by atomic mass is 10.1. The molecule has 0 fully saturated rings. The third-order valence-corrected chi connectivity index (χ3v) is 3.28. The van der Waals surface area contributed by atoms with Crippen molar-refractivity contribution in [2.75, 3.05) is 6.61 Å². The van der Waals surface area contributed by atoms with Crippen molar-refractivity contribution in [1.82, 2.24) is 0 Å². The monoisotopic (exact) mass is 276 g/mol. The molecule has 0 bridgehead atoms. The third kappa shape index (κ3) is 2.64. The second kappa shape index (κ2) is 5.99. The molecule has 2 aromatic rings. The van der Waals surface area contributed by atoms with E-state index in [1.165, 1.54) is 0 Å². The molecule has 1 aromatic carbocycles. The van der Waals surface area contributed by atoms with E-state index in [0.717, 1.165) is 23.1 Å². The van der Waals surface area contributed by atoms with E-state index in [9.17, 15) is 4.79 Å². The highest BCUT2D eigenvalue weighted by Crippen LogP contribution is 2.34. The molecule has 0 radical (unpaired) electrons. The molecule has 1 heterocycles. The molecule has 0 aliphatic carbocycles. The zero-order valence-corrected chi connectivity index (χ0v) is 12.4. The molecule has 0 spiro atoms. The van der Waals surface area contributed by atoms with Crippen LogP contribution >= 0.6 is 0 Å². The minimum absolute atomic E-state index is 0.112. The van der Waals surface area contributed by atoms with Gasteiger partial charge in [-0.25, -0.2) is 4.79 Å². The van der Waals surface area contributed by atoms with Crippen molar-refractivity contribution in [3.05, 3.63) is 29.5 Å². The largest absolute Gasteiger partial charge is 0.490 e. The first-order chi connectivity index (χ1) is 9.58. The number of carbonyl (C=O) groups excluding carboxylic acids is 1.